The average molecular weight is 439 g/mol. The lowest BCUT2D eigenvalue weighted by atomic mass is 10.1. The van der Waals surface area contributed by atoms with E-state index in [2.05, 4.69) is 18.8 Å². The van der Waals surface area contributed by atoms with Gasteiger partial charge in [-0.15, -0.1) is 0 Å². The average Bonchev–Trinajstić information content (AvgIpc) is 3.21. The SMILES string of the molecule is Cc1cccc(NC(=O)[C@H](NS(=O)(=O)c2cccc3nsnc23)c2ccccc2)c1. The first-order valence-electron chi connectivity index (χ1n) is 9.10. The summed E-state index contributed by atoms with van der Waals surface area (Å²) < 4.78 is 37.1. The summed E-state index contributed by atoms with van der Waals surface area (Å²) in [6.45, 7) is 1.91. The lowest BCUT2D eigenvalue weighted by Crippen LogP contribution is -2.37. The fourth-order valence-corrected chi connectivity index (χ4v) is 5.02. The van der Waals surface area contributed by atoms with Gasteiger partial charge in [-0.05, 0) is 42.3 Å². The van der Waals surface area contributed by atoms with Crippen molar-refractivity contribution in [1.82, 2.24) is 13.5 Å². The van der Waals surface area contributed by atoms with Crippen molar-refractivity contribution in [2.45, 2.75) is 17.9 Å². The third-order valence-electron chi connectivity index (χ3n) is 4.49. The van der Waals surface area contributed by atoms with Gasteiger partial charge in [-0.2, -0.15) is 13.5 Å². The minimum Gasteiger partial charge on any atom is -0.324 e. The summed E-state index contributed by atoms with van der Waals surface area (Å²) in [7, 11) is -4.06. The maximum absolute atomic E-state index is 13.2. The molecule has 4 rings (SSSR count). The molecule has 1 heterocycles. The number of nitrogens with zero attached hydrogens (tertiary/aromatic N) is 2. The number of carbonyl (C=O) groups excluding carboxylic acids is 1. The topological polar surface area (TPSA) is 101 Å². The molecule has 4 aromatic rings. The Morgan fingerprint density at radius 1 is 0.967 bits per heavy atom. The maximum atomic E-state index is 13.2. The van der Waals surface area contributed by atoms with Gasteiger partial charge in [0.2, 0.25) is 15.9 Å². The zero-order valence-electron chi connectivity index (χ0n) is 15.9. The highest BCUT2D eigenvalue weighted by atomic mass is 32.2. The number of anilines is 1. The molecule has 0 aliphatic rings. The molecular weight excluding hydrogens is 420 g/mol. The van der Waals surface area contributed by atoms with E-state index in [1.165, 1.54) is 6.07 Å². The van der Waals surface area contributed by atoms with Crippen molar-refractivity contribution in [3.8, 4) is 0 Å². The van der Waals surface area contributed by atoms with Gasteiger partial charge in [-0.1, -0.05) is 48.5 Å². The minimum atomic E-state index is -4.06. The van der Waals surface area contributed by atoms with Crippen LogP contribution in [0.4, 0.5) is 5.69 Å². The molecule has 0 saturated heterocycles. The fraction of sp³-hybridized carbons (Fsp3) is 0.0952. The summed E-state index contributed by atoms with van der Waals surface area (Å²) in [5.41, 5.74) is 2.86. The van der Waals surface area contributed by atoms with Gasteiger partial charge in [0.05, 0.1) is 11.7 Å². The molecule has 30 heavy (non-hydrogen) atoms. The molecule has 0 radical (unpaired) electrons. The molecule has 9 heteroatoms. The fourth-order valence-electron chi connectivity index (χ4n) is 3.07. The molecule has 1 amide bonds. The number of aryl methyl sites for hydroxylation is 1. The van der Waals surface area contributed by atoms with E-state index < -0.39 is 22.0 Å². The van der Waals surface area contributed by atoms with Gasteiger partial charge in [-0.25, -0.2) is 8.42 Å². The van der Waals surface area contributed by atoms with Crippen LogP contribution in [-0.4, -0.2) is 23.1 Å². The molecule has 1 aromatic heterocycles. The Hall–Kier alpha value is -3.14. The van der Waals surface area contributed by atoms with Crippen LogP contribution < -0.4 is 10.0 Å². The highest BCUT2D eigenvalue weighted by molar-refractivity contribution is 7.89. The number of amides is 1. The number of carbonyl (C=O) groups is 1. The summed E-state index contributed by atoms with van der Waals surface area (Å²) in [5, 5.41) is 2.80. The highest BCUT2D eigenvalue weighted by Crippen LogP contribution is 2.24. The number of aromatic nitrogens is 2. The first-order valence-corrected chi connectivity index (χ1v) is 11.3. The van der Waals surface area contributed by atoms with Crippen molar-refractivity contribution >= 4 is 44.4 Å². The molecule has 0 unspecified atom stereocenters. The monoisotopic (exact) mass is 438 g/mol. The highest BCUT2D eigenvalue weighted by Gasteiger charge is 2.29. The molecule has 0 aliphatic carbocycles. The summed E-state index contributed by atoms with van der Waals surface area (Å²) in [4.78, 5) is 13.1. The number of sulfonamides is 1. The summed E-state index contributed by atoms with van der Waals surface area (Å²) in [5.74, 6) is -0.487. The molecule has 1 atom stereocenters. The standard InChI is InChI=1S/C21H18N4O3S2/c1-14-7-5-10-16(13-14)22-21(26)19(15-8-3-2-4-9-15)25-30(27,28)18-12-6-11-17-20(18)24-29-23-17/h2-13,19,25H,1H3,(H,22,26)/t19-/m1/s1. The number of fused-ring (bicyclic) bond motifs is 1. The Bertz CT molecular complexity index is 1300. The van der Waals surface area contributed by atoms with E-state index in [4.69, 9.17) is 0 Å². The van der Waals surface area contributed by atoms with Crippen LogP contribution >= 0.6 is 11.7 Å². The Balaban J connectivity index is 1.70. The molecule has 0 spiro atoms. The smallest absolute Gasteiger partial charge is 0.247 e. The zero-order valence-corrected chi connectivity index (χ0v) is 17.6. The van der Waals surface area contributed by atoms with Gasteiger partial charge in [0.15, 0.2) is 0 Å². The predicted octanol–water partition coefficient (Wildman–Crippen LogP) is 3.66. The van der Waals surface area contributed by atoms with Crippen LogP contribution in [0.1, 0.15) is 17.2 Å². The quantitative estimate of drug-likeness (QED) is 0.478. The van der Waals surface area contributed by atoms with E-state index in [0.29, 0.717) is 16.8 Å². The van der Waals surface area contributed by atoms with E-state index in [1.54, 1.807) is 48.5 Å². The first-order chi connectivity index (χ1) is 14.4. The predicted molar refractivity (Wildman–Crippen MR) is 117 cm³/mol. The van der Waals surface area contributed by atoms with Gasteiger partial charge in [0.1, 0.15) is 22.0 Å². The second-order valence-corrected chi connectivity index (χ2v) is 8.92. The zero-order chi connectivity index (χ0) is 21.1. The maximum Gasteiger partial charge on any atom is 0.247 e. The first kappa shape index (κ1) is 20.1. The Labute approximate surface area is 178 Å². The van der Waals surface area contributed by atoms with Gasteiger partial charge >= 0.3 is 0 Å². The molecule has 7 nitrogen and oxygen atoms in total. The van der Waals surface area contributed by atoms with Gasteiger partial charge < -0.3 is 5.32 Å². The van der Waals surface area contributed by atoms with Crippen molar-refractivity contribution in [1.29, 1.82) is 0 Å². The van der Waals surface area contributed by atoms with E-state index in [1.807, 2.05) is 25.1 Å². The van der Waals surface area contributed by atoms with Crippen molar-refractivity contribution < 1.29 is 13.2 Å². The molecule has 0 aliphatic heterocycles. The number of hydrogen-bond acceptors (Lipinski definition) is 6. The van der Waals surface area contributed by atoms with Crippen LogP contribution in [0.25, 0.3) is 11.0 Å². The molecule has 152 valence electrons. The number of nitrogens with one attached hydrogen (secondary N) is 2. The number of rotatable bonds is 6. The van der Waals surface area contributed by atoms with Crippen LogP contribution in [0, 0.1) is 6.92 Å². The van der Waals surface area contributed by atoms with Crippen LogP contribution in [-0.2, 0) is 14.8 Å². The largest absolute Gasteiger partial charge is 0.324 e. The van der Waals surface area contributed by atoms with Gasteiger partial charge in [0, 0.05) is 5.69 Å². The molecular formula is C21H18N4O3S2. The Kier molecular flexibility index (Phi) is 5.58. The van der Waals surface area contributed by atoms with E-state index in [0.717, 1.165) is 17.3 Å². The van der Waals surface area contributed by atoms with Crippen LogP contribution in [0.5, 0.6) is 0 Å². The van der Waals surface area contributed by atoms with Crippen molar-refractivity contribution in [3.63, 3.8) is 0 Å². The van der Waals surface area contributed by atoms with Crippen molar-refractivity contribution in [2.75, 3.05) is 5.32 Å². The van der Waals surface area contributed by atoms with E-state index in [9.17, 15) is 13.2 Å². The summed E-state index contributed by atoms with van der Waals surface area (Å²) in [6.07, 6.45) is 0. The lowest BCUT2D eigenvalue weighted by Gasteiger charge is -2.19. The molecule has 0 saturated carbocycles. The molecule has 2 N–H and O–H groups in total. The van der Waals surface area contributed by atoms with Crippen molar-refractivity contribution in [2.24, 2.45) is 0 Å². The number of hydrogen-bond donors (Lipinski definition) is 2. The van der Waals surface area contributed by atoms with Gasteiger partial charge in [0.25, 0.3) is 0 Å². The molecule has 0 bridgehead atoms. The lowest BCUT2D eigenvalue weighted by molar-refractivity contribution is -0.117. The van der Waals surface area contributed by atoms with E-state index >= 15 is 0 Å². The minimum absolute atomic E-state index is 0.0157. The summed E-state index contributed by atoms with van der Waals surface area (Å²) in [6, 6.07) is 19.6. The Morgan fingerprint density at radius 3 is 2.50 bits per heavy atom. The van der Waals surface area contributed by atoms with Crippen LogP contribution in [0.2, 0.25) is 0 Å². The second-order valence-electron chi connectivity index (χ2n) is 6.71. The summed E-state index contributed by atoms with van der Waals surface area (Å²) >= 11 is 0.936. The Morgan fingerprint density at radius 2 is 1.73 bits per heavy atom. The number of benzene rings is 3. The van der Waals surface area contributed by atoms with Crippen molar-refractivity contribution in [3.05, 3.63) is 83.9 Å². The molecule has 0 fully saturated rings. The van der Waals surface area contributed by atoms with Gasteiger partial charge in [-0.3, -0.25) is 4.79 Å². The van der Waals surface area contributed by atoms with Crippen LogP contribution in [0.15, 0.2) is 77.7 Å². The third-order valence-corrected chi connectivity index (χ3v) is 6.49. The molecule has 3 aromatic carbocycles. The third kappa shape index (κ3) is 4.23. The second kappa shape index (κ2) is 8.31. The normalized spacial score (nSPS) is 12.6. The van der Waals surface area contributed by atoms with E-state index in [-0.39, 0.29) is 10.4 Å². The van der Waals surface area contributed by atoms with Crippen LogP contribution in [0.3, 0.4) is 0 Å².